The van der Waals surface area contributed by atoms with Gasteiger partial charge in [0.15, 0.2) is 0 Å². The molecule has 0 aliphatic rings. The van der Waals surface area contributed by atoms with Crippen molar-refractivity contribution < 1.29 is 13.5 Å². The van der Waals surface area contributed by atoms with Crippen LogP contribution in [0.3, 0.4) is 0 Å². The van der Waals surface area contributed by atoms with E-state index in [0.29, 0.717) is 21.9 Å². The number of nitrogens with two attached hydrogens (primary N) is 1. The highest BCUT2D eigenvalue weighted by Gasteiger charge is 2.09. The molecule has 0 radical (unpaired) electrons. The second kappa shape index (κ2) is 6.20. The Morgan fingerprint density at radius 2 is 1.90 bits per heavy atom. The van der Waals surface area contributed by atoms with Gasteiger partial charge in [-0.2, -0.15) is 0 Å². The van der Waals surface area contributed by atoms with Gasteiger partial charge in [0, 0.05) is 28.3 Å². The highest BCUT2D eigenvalue weighted by molar-refractivity contribution is 6.30. The Bertz CT molecular complexity index is 617. The predicted octanol–water partition coefficient (Wildman–Crippen LogP) is 4.22. The van der Waals surface area contributed by atoms with Crippen molar-refractivity contribution in [2.24, 2.45) is 5.73 Å². The smallest absolute Gasteiger partial charge is 0.131 e. The summed E-state index contributed by atoms with van der Waals surface area (Å²) in [6.07, 6.45) is 0. The quantitative estimate of drug-likeness (QED) is 0.917. The lowest BCUT2D eigenvalue weighted by atomic mass is 10.1. The third-order valence-corrected chi connectivity index (χ3v) is 3.10. The maximum atomic E-state index is 13.7. The van der Waals surface area contributed by atoms with Gasteiger partial charge in [-0.1, -0.05) is 17.7 Å². The lowest BCUT2D eigenvalue weighted by Gasteiger charge is -2.11. The number of rotatable bonds is 4. The SMILES string of the molecule is C[C@H](N)c1ccc(OCc2cc(Cl)ccc2F)cc1F. The van der Waals surface area contributed by atoms with Gasteiger partial charge in [-0.05, 0) is 31.2 Å². The van der Waals surface area contributed by atoms with E-state index in [9.17, 15) is 8.78 Å². The Morgan fingerprint density at radius 1 is 1.15 bits per heavy atom. The van der Waals surface area contributed by atoms with Crippen molar-refractivity contribution in [3.63, 3.8) is 0 Å². The summed E-state index contributed by atoms with van der Waals surface area (Å²) in [6.45, 7) is 1.67. The molecule has 2 aromatic carbocycles. The van der Waals surface area contributed by atoms with Crippen LogP contribution in [0.15, 0.2) is 36.4 Å². The number of ether oxygens (including phenoxy) is 1. The largest absolute Gasteiger partial charge is 0.489 e. The van der Waals surface area contributed by atoms with Crippen LogP contribution in [0.25, 0.3) is 0 Å². The van der Waals surface area contributed by atoms with Gasteiger partial charge in [-0.3, -0.25) is 0 Å². The normalized spacial score (nSPS) is 12.2. The van der Waals surface area contributed by atoms with Gasteiger partial charge in [0.05, 0.1) is 0 Å². The van der Waals surface area contributed by atoms with E-state index in [-0.39, 0.29) is 6.61 Å². The fourth-order valence-electron chi connectivity index (χ4n) is 1.78. The number of hydrogen-bond acceptors (Lipinski definition) is 2. The number of benzene rings is 2. The minimum absolute atomic E-state index is 0.0244. The standard InChI is InChI=1S/C15H14ClF2NO/c1-9(19)13-4-3-12(7-15(13)18)20-8-10-6-11(16)2-5-14(10)17/h2-7,9H,8,19H2,1H3/t9-/m0/s1. The van der Waals surface area contributed by atoms with E-state index in [1.807, 2.05) is 0 Å². The van der Waals surface area contributed by atoms with Crippen LogP contribution in [0.5, 0.6) is 5.75 Å². The van der Waals surface area contributed by atoms with Crippen molar-refractivity contribution in [2.45, 2.75) is 19.6 Å². The van der Waals surface area contributed by atoms with E-state index in [0.717, 1.165) is 0 Å². The Labute approximate surface area is 121 Å². The summed E-state index contributed by atoms with van der Waals surface area (Å²) >= 11 is 5.78. The van der Waals surface area contributed by atoms with Crippen LogP contribution < -0.4 is 10.5 Å². The minimum Gasteiger partial charge on any atom is -0.489 e. The molecule has 2 aromatic rings. The lowest BCUT2D eigenvalue weighted by Crippen LogP contribution is -2.07. The Morgan fingerprint density at radius 3 is 2.55 bits per heavy atom. The molecule has 2 rings (SSSR count). The first-order chi connectivity index (χ1) is 9.47. The fourth-order valence-corrected chi connectivity index (χ4v) is 1.98. The van der Waals surface area contributed by atoms with Crippen LogP contribution in [-0.4, -0.2) is 0 Å². The zero-order valence-corrected chi connectivity index (χ0v) is 11.6. The van der Waals surface area contributed by atoms with Gasteiger partial charge >= 0.3 is 0 Å². The van der Waals surface area contributed by atoms with E-state index in [1.54, 1.807) is 19.1 Å². The molecular formula is C15H14ClF2NO. The molecule has 106 valence electrons. The van der Waals surface area contributed by atoms with Gasteiger partial charge in [-0.25, -0.2) is 8.78 Å². The van der Waals surface area contributed by atoms with Gasteiger partial charge in [-0.15, -0.1) is 0 Å². The lowest BCUT2D eigenvalue weighted by molar-refractivity contribution is 0.298. The second-order valence-corrected chi connectivity index (χ2v) is 4.93. The molecule has 0 heterocycles. The summed E-state index contributed by atoms with van der Waals surface area (Å²) in [4.78, 5) is 0. The van der Waals surface area contributed by atoms with Gasteiger partial charge in [0.2, 0.25) is 0 Å². The maximum Gasteiger partial charge on any atom is 0.131 e. The highest BCUT2D eigenvalue weighted by Crippen LogP contribution is 2.22. The monoisotopic (exact) mass is 297 g/mol. The predicted molar refractivity (Wildman–Crippen MR) is 74.7 cm³/mol. The van der Waals surface area contributed by atoms with Crippen molar-refractivity contribution in [1.29, 1.82) is 0 Å². The molecule has 0 spiro atoms. The molecule has 0 aromatic heterocycles. The van der Waals surface area contributed by atoms with Crippen LogP contribution in [-0.2, 0) is 6.61 Å². The fraction of sp³-hybridized carbons (Fsp3) is 0.200. The van der Waals surface area contributed by atoms with Crippen LogP contribution in [0, 0.1) is 11.6 Å². The molecule has 5 heteroatoms. The van der Waals surface area contributed by atoms with E-state index < -0.39 is 17.7 Å². The summed E-state index contributed by atoms with van der Waals surface area (Å²) in [5, 5.41) is 0.420. The highest BCUT2D eigenvalue weighted by atomic mass is 35.5. The molecule has 0 saturated heterocycles. The summed E-state index contributed by atoms with van der Waals surface area (Å²) in [5.74, 6) is -0.544. The summed E-state index contributed by atoms with van der Waals surface area (Å²) in [7, 11) is 0. The zero-order valence-electron chi connectivity index (χ0n) is 10.9. The van der Waals surface area contributed by atoms with Gasteiger partial charge in [0.1, 0.15) is 24.0 Å². The summed E-state index contributed by atoms with van der Waals surface area (Å²) in [6, 6.07) is 8.20. The first kappa shape index (κ1) is 14.8. The first-order valence-electron chi connectivity index (χ1n) is 6.09. The maximum absolute atomic E-state index is 13.7. The molecule has 20 heavy (non-hydrogen) atoms. The summed E-state index contributed by atoms with van der Waals surface area (Å²) in [5.41, 5.74) is 6.34. The van der Waals surface area contributed by atoms with Crippen LogP contribution in [0.2, 0.25) is 5.02 Å². The van der Waals surface area contributed by atoms with Gasteiger partial charge < -0.3 is 10.5 Å². The van der Waals surface area contributed by atoms with E-state index >= 15 is 0 Å². The molecule has 0 aliphatic heterocycles. The van der Waals surface area contributed by atoms with E-state index in [2.05, 4.69) is 0 Å². The zero-order chi connectivity index (χ0) is 14.7. The van der Waals surface area contributed by atoms with Crippen LogP contribution in [0.4, 0.5) is 8.78 Å². The number of hydrogen-bond donors (Lipinski definition) is 1. The van der Waals surface area contributed by atoms with Crippen molar-refractivity contribution in [3.05, 3.63) is 64.2 Å². The van der Waals surface area contributed by atoms with Crippen LogP contribution >= 0.6 is 11.6 Å². The third kappa shape index (κ3) is 3.46. The Hall–Kier alpha value is -1.65. The minimum atomic E-state index is -0.441. The van der Waals surface area contributed by atoms with E-state index in [1.165, 1.54) is 24.3 Å². The molecule has 2 nitrogen and oxygen atoms in total. The molecule has 0 bridgehead atoms. The van der Waals surface area contributed by atoms with Gasteiger partial charge in [0.25, 0.3) is 0 Å². The third-order valence-electron chi connectivity index (χ3n) is 2.86. The van der Waals surface area contributed by atoms with E-state index in [4.69, 9.17) is 22.1 Å². The van der Waals surface area contributed by atoms with Crippen LogP contribution in [0.1, 0.15) is 24.1 Å². The second-order valence-electron chi connectivity index (χ2n) is 4.50. The molecule has 0 aliphatic carbocycles. The molecule has 2 N–H and O–H groups in total. The molecule has 0 saturated carbocycles. The number of halogens is 3. The molecule has 0 amide bonds. The van der Waals surface area contributed by atoms with Crippen molar-refractivity contribution >= 4 is 11.6 Å². The van der Waals surface area contributed by atoms with Crippen molar-refractivity contribution in [1.82, 2.24) is 0 Å². The van der Waals surface area contributed by atoms with Crippen molar-refractivity contribution in [2.75, 3.05) is 0 Å². The van der Waals surface area contributed by atoms with Crippen molar-refractivity contribution in [3.8, 4) is 5.75 Å². The summed E-state index contributed by atoms with van der Waals surface area (Å²) < 4.78 is 32.6. The molecular weight excluding hydrogens is 284 g/mol. The molecule has 0 fully saturated rings. The topological polar surface area (TPSA) is 35.2 Å². The average Bonchev–Trinajstić information content (AvgIpc) is 2.39. The Balaban J connectivity index is 2.11. The molecule has 0 unspecified atom stereocenters. The Kier molecular flexibility index (Phi) is 4.57. The average molecular weight is 298 g/mol. The molecule has 1 atom stereocenters. The first-order valence-corrected chi connectivity index (χ1v) is 6.47.